The lowest BCUT2D eigenvalue weighted by Crippen LogP contribution is -2.56. The molecule has 0 radical (unpaired) electrons. The number of rotatable bonds is 10. The molecule has 10 heteroatoms. The highest BCUT2D eigenvalue weighted by Gasteiger charge is 2.51. The first-order valence-electron chi connectivity index (χ1n) is 12.6. The molecule has 38 heavy (non-hydrogen) atoms. The standard InChI is InChI=1S/C28H33FN2O7/c1-3-23(34)31(9-7-16-5-4-6-18(29)11-16)21-14-20(28(36)30-8-10-32)24-19-12-17(15-33)13-22(37-2)26(19)38-27(24)25(21)35/h4-6,11-14,21,24-25,27,32-33,35H,3,7-10,15H2,1-2H3,(H,30,36)/t21-,24+,25+,27+/m1/s1. The molecule has 204 valence electrons. The Morgan fingerprint density at radius 1 is 1.18 bits per heavy atom. The number of halogens is 1. The van der Waals surface area contributed by atoms with E-state index in [9.17, 15) is 29.3 Å². The summed E-state index contributed by atoms with van der Waals surface area (Å²) in [5, 5.41) is 33.2. The highest BCUT2D eigenvalue weighted by molar-refractivity contribution is 5.96. The molecule has 2 amide bonds. The van der Waals surface area contributed by atoms with Gasteiger partial charge in [0.2, 0.25) is 11.8 Å². The number of fused-ring (bicyclic) bond motifs is 3. The van der Waals surface area contributed by atoms with Gasteiger partial charge in [0, 0.05) is 30.6 Å². The summed E-state index contributed by atoms with van der Waals surface area (Å²) in [6.07, 6.45) is -0.0372. The van der Waals surface area contributed by atoms with Crippen molar-refractivity contribution in [3.05, 3.63) is 70.6 Å². The summed E-state index contributed by atoms with van der Waals surface area (Å²) < 4.78 is 25.4. The van der Waals surface area contributed by atoms with Crippen LogP contribution >= 0.6 is 0 Å². The van der Waals surface area contributed by atoms with Crippen LogP contribution in [0.2, 0.25) is 0 Å². The topological polar surface area (TPSA) is 129 Å². The van der Waals surface area contributed by atoms with Gasteiger partial charge in [0.1, 0.15) is 18.0 Å². The summed E-state index contributed by atoms with van der Waals surface area (Å²) in [5.41, 5.74) is 2.09. The first kappa shape index (κ1) is 27.6. The van der Waals surface area contributed by atoms with E-state index in [-0.39, 0.29) is 50.0 Å². The van der Waals surface area contributed by atoms with E-state index in [4.69, 9.17) is 9.47 Å². The van der Waals surface area contributed by atoms with Crippen LogP contribution in [-0.4, -0.2) is 77.1 Å². The highest BCUT2D eigenvalue weighted by Crippen LogP contribution is 2.51. The fourth-order valence-corrected chi connectivity index (χ4v) is 5.20. The minimum atomic E-state index is -1.20. The van der Waals surface area contributed by atoms with Gasteiger partial charge >= 0.3 is 0 Å². The Balaban J connectivity index is 1.75. The Morgan fingerprint density at radius 2 is 1.97 bits per heavy atom. The Morgan fingerprint density at radius 3 is 2.63 bits per heavy atom. The Bertz CT molecular complexity index is 1220. The van der Waals surface area contributed by atoms with Gasteiger partial charge in [-0.25, -0.2) is 4.39 Å². The van der Waals surface area contributed by atoms with E-state index in [0.717, 1.165) is 0 Å². The molecule has 2 aliphatic rings. The number of aliphatic hydroxyl groups excluding tert-OH is 3. The number of methoxy groups -OCH3 is 1. The summed E-state index contributed by atoms with van der Waals surface area (Å²) in [7, 11) is 1.46. The summed E-state index contributed by atoms with van der Waals surface area (Å²) >= 11 is 0. The number of benzene rings is 2. The Kier molecular flexibility index (Phi) is 8.65. The first-order chi connectivity index (χ1) is 18.3. The summed E-state index contributed by atoms with van der Waals surface area (Å²) in [5.74, 6) is -1.08. The molecule has 0 spiro atoms. The fraction of sp³-hybridized carbons (Fsp3) is 0.429. The zero-order valence-electron chi connectivity index (χ0n) is 21.4. The zero-order chi connectivity index (χ0) is 27.4. The van der Waals surface area contributed by atoms with Gasteiger partial charge in [-0.2, -0.15) is 0 Å². The maximum Gasteiger partial charge on any atom is 0.247 e. The van der Waals surface area contributed by atoms with Crippen LogP contribution < -0.4 is 14.8 Å². The van der Waals surface area contributed by atoms with E-state index in [0.29, 0.717) is 34.6 Å². The van der Waals surface area contributed by atoms with E-state index < -0.39 is 30.1 Å². The number of ether oxygens (including phenoxy) is 2. The van der Waals surface area contributed by atoms with Crippen LogP contribution in [0.15, 0.2) is 48.0 Å². The van der Waals surface area contributed by atoms with E-state index in [1.165, 1.54) is 24.1 Å². The van der Waals surface area contributed by atoms with Crippen molar-refractivity contribution in [1.29, 1.82) is 0 Å². The van der Waals surface area contributed by atoms with Gasteiger partial charge in [-0.05, 0) is 47.9 Å². The molecule has 0 bridgehead atoms. The van der Waals surface area contributed by atoms with E-state index in [2.05, 4.69) is 5.32 Å². The van der Waals surface area contributed by atoms with Gasteiger partial charge < -0.3 is 35.0 Å². The molecule has 1 aliphatic heterocycles. The van der Waals surface area contributed by atoms with Crippen molar-refractivity contribution in [3.63, 3.8) is 0 Å². The number of nitrogens with one attached hydrogen (secondary N) is 1. The van der Waals surface area contributed by atoms with Crippen molar-refractivity contribution in [1.82, 2.24) is 10.2 Å². The van der Waals surface area contributed by atoms with Gasteiger partial charge in [0.15, 0.2) is 11.5 Å². The molecule has 4 rings (SSSR count). The number of aliphatic hydroxyl groups is 3. The lowest BCUT2D eigenvalue weighted by molar-refractivity contribution is -0.136. The van der Waals surface area contributed by atoms with Crippen LogP contribution in [0.1, 0.15) is 36.0 Å². The lowest BCUT2D eigenvalue weighted by atomic mass is 9.77. The normalized spacial score (nSPS) is 21.6. The molecule has 4 atom stereocenters. The molecule has 2 aromatic carbocycles. The molecular formula is C28H33FN2O7. The van der Waals surface area contributed by atoms with Crippen molar-refractivity contribution in [2.45, 2.75) is 50.5 Å². The van der Waals surface area contributed by atoms with Crippen molar-refractivity contribution in [2.24, 2.45) is 0 Å². The quantitative estimate of drug-likeness (QED) is 0.367. The van der Waals surface area contributed by atoms with Gasteiger partial charge in [-0.1, -0.05) is 19.1 Å². The van der Waals surface area contributed by atoms with Crippen molar-refractivity contribution in [2.75, 3.05) is 26.8 Å². The molecule has 2 aromatic rings. The second-order valence-electron chi connectivity index (χ2n) is 9.34. The lowest BCUT2D eigenvalue weighted by Gasteiger charge is -2.40. The summed E-state index contributed by atoms with van der Waals surface area (Å²) in [6.45, 7) is 1.38. The Hall–Kier alpha value is -3.47. The number of hydrogen-bond donors (Lipinski definition) is 4. The molecule has 4 N–H and O–H groups in total. The van der Waals surface area contributed by atoms with Crippen molar-refractivity contribution in [3.8, 4) is 11.5 Å². The van der Waals surface area contributed by atoms with Crippen LogP contribution in [0.5, 0.6) is 11.5 Å². The average Bonchev–Trinajstić information content (AvgIpc) is 3.32. The highest BCUT2D eigenvalue weighted by atomic mass is 19.1. The minimum Gasteiger partial charge on any atom is -0.493 e. The van der Waals surface area contributed by atoms with Crippen LogP contribution in [0, 0.1) is 5.82 Å². The van der Waals surface area contributed by atoms with E-state index >= 15 is 0 Å². The van der Waals surface area contributed by atoms with Crippen molar-refractivity contribution < 1.29 is 38.8 Å². The molecule has 0 saturated carbocycles. The Labute approximate surface area is 220 Å². The zero-order valence-corrected chi connectivity index (χ0v) is 21.4. The third-order valence-corrected chi connectivity index (χ3v) is 7.01. The third-order valence-electron chi connectivity index (χ3n) is 7.01. The predicted octanol–water partition coefficient (Wildman–Crippen LogP) is 1.43. The monoisotopic (exact) mass is 528 g/mol. The average molecular weight is 529 g/mol. The maximum atomic E-state index is 13.7. The number of carbonyl (C=O) groups is 2. The number of carbonyl (C=O) groups excluding carboxylic acids is 2. The second kappa shape index (κ2) is 11.9. The van der Waals surface area contributed by atoms with Crippen LogP contribution in [0.3, 0.4) is 0 Å². The molecule has 0 aromatic heterocycles. The third kappa shape index (κ3) is 5.38. The summed E-state index contributed by atoms with van der Waals surface area (Å²) in [6, 6.07) is 8.53. The predicted molar refractivity (Wildman–Crippen MR) is 136 cm³/mol. The van der Waals surface area contributed by atoms with E-state index in [1.807, 2.05) is 0 Å². The summed E-state index contributed by atoms with van der Waals surface area (Å²) in [4.78, 5) is 27.9. The smallest absolute Gasteiger partial charge is 0.247 e. The molecule has 0 fully saturated rings. The van der Waals surface area contributed by atoms with E-state index in [1.54, 1.807) is 37.3 Å². The van der Waals surface area contributed by atoms with Gasteiger partial charge in [0.25, 0.3) is 0 Å². The largest absolute Gasteiger partial charge is 0.493 e. The number of hydrogen-bond acceptors (Lipinski definition) is 7. The molecule has 1 aliphatic carbocycles. The molecule has 0 unspecified atom stereocenters. The van der Waals surface area contributed by atoms with Crippen LogP contribution in [0.25, 0.3) is 0 Å². The van der Waals surface area contributed by atoms with Crippen molar-refractivity contribution >= 4 is 11.8 Å². The second-order valence-corrected chi connectivity index (χ2v) is 9.34. The van der Waals surface area contributed by atoms with Crippen LogP contribution in [0.4, 0.5) is 4.39 Å². The SMILES string of the molecule is CCC(=O)N(CCc1cccc(F)c1)[C@@H]1C=C(C(=O)NCCO)[C@@H]2c3cc(CO)cc(OC)c3O[C@@H]2[C@H]1O. The van der Waals surface area contributed by atoms with Gasteiger partial charge in [-0.15, -0.1) is 0 Å². The molecular weight excluding hydrogens is 495 g/mol. The first-order valence-corrected chi connectivity index (χ1v) is 12.6. The van der Waals surface area contributed by atoms with Crippen LogP contribution in [-0.2, 0) is 22.6 Å². The van der Waals surface area contributed by atoms with Gasteiger partial charge in [-0.3, -0.25) is 9.59 Å². The molecule has 9 nitrogen and oxygen atoms in total. The fourth-order valence-electron chi connectivity index (χ4n) is 5.20. The molecule has 1 heterocycles. The maximum absolute atomic E-state index is 13.7. The number of nitrogens with zero attached hydrogens (tertiary/aromatic N) is 1. The number of amides is 2. The van der Waals surface area contributed by atoms with Gasteiger partial charge in [0.05, 0.1) is 32.3 Å². The minimum absolute atomic E-state index is 0.0195. The molecule has 0 saturated heterocycles.